The summed E-state index contributed by atoms with van der Waals surface area (Å²) in [4.78, 5) is 12.9. The van der Waals surface area contributed by atoms with Gasteiger partial charge in [0, 0.05) is 18.2 Å². The predicted octanol–water partition coefficient (Wildman–Crippen LogP) is 3.73. The maximum atomic E-state index is 14.3. The Morgan fingerprint density at radius 3 is 2.32 bits per heavy atom. The summed E-state index contributed by atoms with van der Waals surface area (Å²) in [6, 6.07) is 8.75. The highest BCUT2D eigenvalue weighted by atomic mass is 32.2. The molecular weight excluding hydrogens is 423 g/mol. The first-order valence-electron chi connectivity index (χ1n) is 9.98. The Bertz CT molecular complexity index is 1010. The molecule has 0 heterocycles. The van der Waals surface area contributed by atoms with Crippen LogP contribution in [-0.2, 0) is 16.6 Å². The number of ether oxygens (including phenoxy) is 2. The highest BCUT2D eigenvalue weighted by Gasteiger charge is 2.27. The van der Waals surface area contributed by atoms with Gasteiger partial charge in [-0.1, -0.05) is 38.0 Å². The topological polar surface area (TPSA) is 84.9 Å². The van der Waals surface area contributed by atoms with Crippen LogP contribution in [0.3, 0.4) is 0 Å². The molecule has 0 saturated heterocycles. The van der Waals surface area contributed by atoms with Crippen LogP contribution in [-0.4, -0.2) is 41.3 Å². The Morgan fingerprint density at radius 1 is 1.10 bits per heavy atom. The van der Waals surface area contributed by atoms with E-state index >= 15 is 0 Å². The van der Waals surface area contributed by atoms with Gasteiger partial charge in [0.05, 0.1) is 38.3 Å². The van der Waals surface area contributed by atoms with Gasteiger partial charge in [-0.25, -0.2) is 12.8 Å². The molecular formula is C22H29FN2O5S. The van der Waals surface area contributed by atoms with Crippen LogP contribution in [0.25, 0.3) is 0 Å². The van der Waals surface area contributed by atoms with Crippen molar-refractivity contribution < 1.29 is 27.1 Å². The van der Waals surface area contributed by atoms with E-state index in [1.807, 2.05) is 0 Å². The Balaban J connectivity index is 2.57. The lowest BCUT2D eigenvalue weighted by Crippen LogP contribution is -2.33. The smallest absolute Gasteiger partial charge is 0.253 e. The zero-order valence-corrected chi connectivity index (χ0v) is 19.1. The second kappa shape index (κ2) is 11.0. The number of methoxy groups -OCH3 is 2. The molecule has 0 fully saturated rings. The summed E-state index contributed by atoms with van der Waals surface area (Å²) in [5.74, 6) is -0.456. The molecule has 0 saturated carbocycles. The number of hydrogen-bond acceptors (Lipinski definition) is 5. The van der Waals surface area contributed by atoms with Crippen molar-refractivity contribution in [1.82, 2.24) is 5.32 Å². The minimum Gasteiger partial charge on any atom is -0.493 e. The number of nitrogens with zero attached hydrogens (tertiary/aromatic N) is 1. The number of halogens is 1. The predicted molar refractivity (Wildman–Crippen MR) is 119 cm³/mol. The van der Waals surface area contributed by atoms with E-state index in [0.717, 1.165) is 29.8 Å². The molecule has 9 heteroatoms. The molecule has 2 aromatic carbocycles. The number of hydrogen-bond donors (Lipinski definition) is 1. The van der Waals surface area contributed by atoms with Gasteiger partial charge in [0.15, 0.2) is 11.5 Å². The summed E-state index contributed by atoms with van der Waals surface area (Å²) in [6.45, 7) is 2.23. The second-order valence-corrected chi connectivity index (χ2v) is 8.96. The molecule has 31 heavy (non-hydrogen) atoms. The van der Waals surface area contributed by atoms with Crippen LogP contribution in [0.15, 0.2) is 36.4 Å². The lowest BCUT2D eigenvalue weighted by molar-refractivity contribution is 0.0953. The van der Waals surface area contributed by atoms with Gasteiger partial charge in [0.1, 0.15) is 5.82 Å². The number of sulfonamides is 1. The van der Waals surface area contributed by atoms with Gasteiger partial charge in [0.25, 0.3) is 5.91 Å². The summed E-state index contributed by atoms with van der Waals surface area (Å²) < 4.78 is 51.2. The molecule has 2 aromatic rings. The van der Waals surface area contributed by atoms with Crippen LogP contribution in [0, 0.1) is 5.82 Å². The number of carbonyl (C=O) groups is 1. The third-order valence-electron chi connectivity index (χ3n) is 4.75. The van der Waals surface area contributed by atoms with Crippen molar-refractivity contribution in [3.05, 3.63) is 53.3 Å². The zero-order valence-electron chi connectivity index (χ0n) is 18.3. The van der Waals surface area contributed by atoms with E-state index in [1.165, 1.54) is 44.6 Å². The van der Waals surface area contributed by atoms with Crippen LogP contribution in [0.4, 0.5) is 10.1 Å². The Kier molecular flexibility index (Phi) is 8.67. The normalized spacial score (nSPS) is 11.1. The molecule has 2 rings (SSSR count). The van der Waals surface area contributed by atoms with Gasteiger partial charge in [-0.05, 0) is 18.6 Å². The summed E-state index contributed by atoms with van der Waals surface area (Å²) in [5.41, 5.74) is 0.351. The molecule has 7 nitrogen and oxygen atoms in total. The Morgan fingerprint density at radius 2 is 1.74 bits per heavy atom. The zero-order chi connectivity index (χ0) is 23.0. The number of nitrogens with one attached hydrogen (secondary N) is 1. The van der Waals surface area contributed by atoms with E-state index in [0.29, 0.717) is 6.54 Å². The molecule has 1 N–H and O–H groups in total. The summed E-state index contributed by atoms with van der Waals surface area (Å²) in [7, 11) is -1.04. The maximum Gasteiger partial charge on any atom is 0.253 e. The van der Waals surface area contributed by atoms with Crippen LogP contribution >= 0.6 is 0 Å². The lowest BCUT2D eigenvalue weighted by atomic mass is 10.1. The molecule has 170 valence electrons. The van der Waals surface area contributed by atoms with E-state index in [4.69, 9.17) is 9.47 Å². The molecule has 1 amide bonds. The summed E-state index contributed by atoms with van der Waals surface area (Å²) >= 11 is 0. The number of carbonyl (C=O) groups excluding carboxylic acids is 1. The number of amides is 1. The maximum absolute atomic E-state index is 14.3. The van der Waals surface area contributed by atoms with Gasteiger partial charge in [-0.15, -0.1) is 0 Å². The fraction of sp³-hybridized carbons (Fsp3) is 0.409. The van der Waals surface area contributed by atoms with Crippen molar-refractivity contribution in [3.63, 3.8) is 0 Å². The van der Waals surface area contributed by atoms with Gasteiger partial charge in [0.2, 0.25) is 10.0 Å². The standard InChI is InChI=1S/C22H29FN2O5S/c1-5-6-9-12-24-22(26)17-13-20(29-2)21(30-3)14-19(17)25(31(4,27)28)15-16-10-7-8-11-18(16)23/h7-8,10-11,13-14H,5-6,9,12,15H2,1-4H3,(H,24,26). The van der Waals surface area contributed by atoms with E-state index in [1.54, 1.807) is 6.07 Å². The van der Waals surface area contributed by atoms with Crippen molar-refractivity contribution in [3.8, 4) is 11.5 Å². The van der Waals surface area contributed by atoms with Crippen molar-refractivity contribution in [2.75, 3.05) is 31.3 Å². The Labute approximate surface area is 183 Å². The average Bonchev–Trinajstić information content (AvgIpc) is 2.74. The fourth-order valence-electron chi connectivity index (χ4n) is 3.09. The minimum atomic E-state index is -3.87. The van der Waals surface area contributed by atoms with Crippen LogP contribution < -0.4 is 19.1 Å². The fourth-order valence-corrected chi connectivity index (χ4v) is 3.97. The first kappa shape index (κ1) is 24.5. The third-order valence-corrected chi connectivity index (χ3v) is 5.88. The molecule has 0 atom stereocenters. The number of rotatable bonds is 11. The summed E-state index contributed by atoms with van der Waals surface area (Å²) in [6.07, 6.45) is 3.77. The van der Waals surface area contributed by atoms with E-state index in [-0.39, 0.29) is 34.9 Å². The monoisotopic (exact) mass is 452 g/mol. The quantitative estimate of drug-likeness (QED) is 0.525. The highest BCUT2D eigenvalue weighted by molar-refractivity contribution is 7.92. The van der Waals surface area contributed by atoms with E-state index < -0.39 is 21.7 Å². The molecule has 0 radical (unpaired) electrons. The molecule has 0 bridgehead atoms. The highest BCUT2D eigenvalue weighted by Crippen LogP contribution is 2.37. The average molecular weight is 453 g/mol. The number of benzene rings is 2. The largest absolute Gasteiger partial charge is 0.493 e. The van der Waals surface area contributed by atoms with E-state index in [9.17, 15) is 17.6 Å². The third kappa shape index (κ3) is 6.33. The van der Waals surface area contributed by atoms with Crippen molar-refractivity contribution in [1.29, 1.82) is 0 Å². The first-order valence-corrected chi connectivity index (χ1v) is 11.8. The van der Waals surface area contributed by atoms with Crippen LogP contribution in [0.5, 0.6) is 11.5 Å². The molecule has 0 spiro atoms. The van der Waals surface area contributed by atoms with Crippen molar-refractivity contribution >= 4 is 21.6 Å². The molecule has 0 unspecified atom stereocenters. The van der Waals surface area contributed by atoms with Gasteiger partial charge in [-0.2, -0.15) is 0 Å². The lowest BCUT2D eigenvalue weighted by Gasteiger charge is -2.26. The molecule has 0 aromatic heterocycles. The number of anilines is 1. The van der Waals surface area contributed by atoms with Gasteiger partial charge >= 0.3 is 0 Å². The van der Waals surface area contributed by atoms with Gasteiger partial charge < -0.3 is 14.8 Å². The molecule has 0 aliphatic carbocycles. The number of unbranched alkanes of at least 4 members (excludes halogenated alkanes) is 2. The SMILES string of the molecule is CCCCCNC(=O)c1cc(OC)c(OC)cc1N(Cc1ccccc1F)S(C)(=O)=O. The minimum absolute atomic E-state index is 0.0800. The van der Waals surface area contributed by atoms with Crippen molar-refractivity contribution in [2.24, 2.45) is 0 Å². The Hall–Kier alpha value is -2.81. The van der Waals surface area contributed by atoms with Crippen LogP contribution in [0.1, 0.15) is 42.1 Å². The molecule has 0 aliphatic heterocycles. The van der Waals surface area contributed by atoms with Crippen LogP contribution in [0.2, 0.25) is 0 Å². The second-order valence-electron chi connectivity index (χ2n) is 7.05. The molecule has 0 aliphatic rings. The van der Waals surface area contributed by atoms with Gasteiger partial charge in [-0.3, -0.25) is 9.10 Å². The first-order chi connectivity index (χ1) is 14.7. The van der Waals surface area contributed by atoms with E-state index in [2.05, 4.69) is 12.2 Å². The summed E-state index contributed by atoms with van der Waals surface area (Å²) in [5, 5.41) is 2.81. The van der Waals surface area contributed by atoms with Crippen molar-refractivity contribution in [2.45, 2.75) is 32.7 Å².